The van der Waals surface area contributed by atoms with Crippen LogP contribution in [0.25, 0.3) is 88.0 Å². The van der Waals surface area contributed by atoms with Crippen molar-refractivity contribution in [2.24, 2.45) is 0 Å². The molecule has 286 valence electrons. The second kappa shape index (κ2) is 15.6. The molecule has 0 bridgehead atoms. The van der Waals surface area contributed by atoms with E-state index in [0.29, 0.717) is 0 Å². The van der Waals surface area contributed by atoms with Gasteiger partial charge in [0.1, 0.15) is 0 Å². The first-order valence-corrected chi connectivity index (χ1v) is 21.0. The van der Waals surface area contributed by atoms with Crippen molar-refractivity contribution < 1.29 is 0 Å². The van der Waals surface area contributed by atoms with Crippen LogP contribution in [0.5, 0.6) is 0 Å². The molecule has 0 aliphatic rings. The minimum Gasteiger partial charge on any atom is -0.310 e. The molecule has 0 radical (unpaired) electrons. The van der Waals surface area contributed by atoms with Gasteiger partial charge in [-0.1, -0.05) is 206 Å². The molecule has 0 aliphatic carbocycles. The van der Waals surface area contributed by atoms with E-state index < -0.39 is 0 Å². The van der Waals surface area contributed by atoms with Crippen LogP contribution in [0.2, 0.25) is 0 Å². The number of benzene rings is 11. The summed E-state index contributed by atoms with van der Waals surface area (Å²) in [7, 11) is 0. The Labute approximate surface area is 357 Å². The topological polar surface area (TPSA) is 3.24 Å². The largest absolute Gasteiger partial charge is 0.310 e. The maximum Gasteiger partial charge on any atom is 0.0540 e. The summed E-state index contributed by atoms with van der Waals surface area (Å²) in [4.78, 5) is 2.44. The Morgan fingerprint density at radius 1 is 0.230 bits per heavy atom. The smallest absolute Gasteiger partial charge is 0.0540 e. The van der Waals surface area contributed by atoms with Gasteiger partial charge in [-0.25, -0.2) is 0 Å². The van der Waals surface area contributed by atoms with Gasteiger partial charge in [0.15, 0.2) is 0 Å². The summed E-state index contributed by atoms with van der Waals surface area (Å²) in [6.07, 6.45) is 0. The Bertz CT molecular complexity index is 3330. The summed E-state index contributed by atoms with van der Waals surface area (Å²) in [5.41, 5.74) is 15.1. The Balaban J connectivity index is 1.13. The van der Waals surface area contributed by atoms with Gasteiger partial charge < -0.3 is 4.90 Å². The highest BCUT2D eigenvalue weighted by Gasteiger charge is 2.21. The highest BCUT2D eigenvalue weighted by Crippen LogP contribution is 2.46. The molecular formula is C60H41N. The Hall–Kier alpha value is -8.00. The summed E-state index contributed by atoms with van der Waals surface area (Å²) in [6, 6.07) is 90.6. The predicted octanol–water partition coefficient (Wildman–Crippen LogP) is 17.0. The zero-order valence-electron chi connectivity index (χ0n) is 33.6. The molecule has 0 heterocycles. The molecule has 11 aromatic rings. The lowest BCUT2D eigenvalue weighted by Gasteiger charge is -2.29. The van der Waals surface area contributed by atoms with Crippen LogP contribution in [0.3, 0.4) is 0 Å². The van der Waals surface area contributed by atoms with Gasteiger partial charge in [0.2, 0.25) is 0 Å². The Morgan fingerprint density at radius 3 is 1.51 bits per heavy atom. The molecule has 0 unspecified atom stereocenters. The zero-order valence-corrected chi connectivity index (χ0v) is 33.6. The van der Waals surface area contributed by atoms with Gasteiger partial charge in [-0.2, -0.15) is 0 Å². The molecule has 0 aliphatic heterocycles. The first-order valence-electron chi connectivity index (χ1n) is 21.0. The quantitative estimate of drug-likeness (QED) is 0.139. The number of hydrogen-bond acceptors (Lipinski definition) is 1. The average molecular weight is 776 g/mol. The molecule has 11 rings (SSSR count). The molecule has 1 nitrogen and oxygen atoms in total. The lowest BCUT2D eigenvalue weighted by molar-refractivity contribution is 1.28. The number of nitrogens with zero attached hydrogens (tertiary/aromatic N) is 1. The maximum atomic E-state index is 2.44. The van der Waals surface area contributed by atoms with E-state index >= 15 is 0 Å². The van der Waals surface area contributed by atoms with Crippen molar-refractivity contribution in [2.45, 2.75) is 0 Å². The number of anilines is 3. The SMILES string of the molecule is c1ccc(-c2ccc(N(c3ccc(-c4ccc5ccccc5c4)cc3)c3ccc(-c4cccc5ccc6ccccc6c45)cc3-c3ccccc3)cc2-c2ccccc2)cc1. The summed E-state index contributed by atoms with van der Waals surface area (Å²) in [5, 5.41) is 7.51. The van der Waals surface area contributed by atoms with Crippen molar-refractivity contribution in [1.82, 2.24) is 0 Å². The lowest BCUT2D eigenvalue weighted by Crippen LogP contribution is -2.12. The minimum absolute atomic E-state index is 1.08. The third-order valence-electron chi connectivity index (χ3n) is 12.0. The first kappa shape index (κ1) is 36.1. The van der Waals surface area contributed by atoms with E-state index in [1.165, 1.54) is 76.8 Å². The fourth-order valence-electron chi connectivity index (χ4n) is 9.04. The van der Waals surface area contributed by atoms with Gasteiger partial charge in [0.05, 0.1) is 5.69 Å². The monoisotopic (exact) mass is 775 g/mol. The van der Waals surface area contributed by atoms with E-state index in [4.69, 9.17) is 0 Å². The second-order valence-electron chi connectivity index (χ2n) is 15.7. The molecule has 61 heavy (non-hydrogen) atoms. The number of hydrogen-bond donors (Lipinski definition) is 0. The second-order valence-corrected chi connectivity index (χ2v) is 15.7. The van der Waals surface area contributed by atoms with Gasteiger partial charge in [0, 0.05) is 16.9 Å². The van der Waals surface area contributed by atoms with Crippen molar-refractivity contribution in [1.29, 1.82) is 0 Å². The molecule has 0 atom stereocenters. The Kier molecular flexibility index (Phi) is 9.26. The van der Waals surface area contributed by atoms with Crippen LogP contribution in [-0.2, 0) is 0 Å². The molecule has 0 amide bonds. The van der Waals surface area contributed by atoms with E-state index in [1.807, 2.05) is 0 Å². The van der Waals surface area contributed by atoms with Crippen molar-refractivity contribution >= 4 is 49.4 Å². The van der Waals surface area contributed by atoms with Crippen molar-refractivity contribution in [2.75, 3.05) is 4.90 Å². The van der Waals surface area contributed by atoms with Crippen LogP contribution in [0.4, 0.5) is 17.1 Å². The molecule has 0 fully saturated rings. The van der Waals surface area contributed by atoms with Gasteiger partial charge in [-0.05, 0) is 125 Å². The molecule has 1 heteroatoms. The van der Waals surface area contributed by atoms with Crippen molar-refractivity contribution in [3.63, 3.8) is 0 Å². The predicted molar refractivity (Wildman–Crippen MR) is 261 cm³/mol. The van der Waals surface area contributed by atoms with Crippen LogP contribution < -0.4 is 4.90 Å². The fraction of sp³-hybridized carbons (Fsp3) is 0. The van der Waals surface area contributed by atoms with Gasteiger partial charge in [-0.3, -0.25) is 0 Å². The van der Waals surface area contributed by atoms with Crippen molar-refractivity contribution in [3.05, 3.63) is 249 Å². The maximum absolute atomic E-state index is 2.44. The molecule has 0 N–H and O–H groups in total. The summed E-state index contributed by atoms with van der Waals surface area (Å²) < 4.78 is 0. The van der Waals surface area contributed by atoms with E-state index in [9.17, 15) is 0 Å². The summed E-state index contributed by atoms with van der Waals surface area (Å²) in [6.45, 7) is 0. The normalized spacial score (nSPS) is 11.3. The molecular weight excluding hydrogens is 735 g/mol. The number of rotatable bonds is 8. The Morgan fingerprint density at radius 2 is 0.770 bits per heavy atom. The summed E-state index contributed by atoms with van der Waals surface area (Å²) >= 11 is 0. The highest BCUT2D eigenvalue weighted by molar-refractivity contribution is 6.14. The third-order valence-corrected chi connectivity index (χ3v) is 12.0. The van der Waals surface area contributed by atoms with E-state index in [1.54, 1.807) is 0 Å². The van der Waals surface area contributed by atoms with E-state index in [2.05, 4.69) is 254 Å². The van der Waals surface area contributed by atoms with Gasteiger partial charge in [-0.15, -0.1) is 0 Å². The molecule has 0 saturated heterocycles. The van der Waals surface area contributed by atoms with Gasteiger partial charge in [0.25, 0.3) is 0 Å². The molecule has 11 aromatic carbocycles. The van der Waals surface area contributed by atoms with Crippen LogP contribution >= 0.6 is 0 Å². The molecule has 0 spiro atoms. The van der Waals surface area contributed by atoms with E-state index in [-0.39, 0.29) is 0 Å². The van der Waals surface area contributed by atoms with Crippen LogP contribution in [0.15, 0.2) is 249 Å². The lowest BCUT2D eigenvalue weighted by atomic mass is 9.91. The van der Waals surface area contributed by atoms with E-state index in [0.717, 1.165) is 28.2 Å². The molecule has 0 aromatic heterocycles. The van der Waals surface area contributed by atoms with Crippen LogP contribution in [0.1, 0.15) is 0 Å². The fourth-order valence-corrected chi connectivity index (χ4v) is 9.04. The highest BCUT2D eigenvalue weighted by atomic mass is 15.1. The van der Waals surface area contributed by atoms with Crippen LogP contribution in [0, 0.1) is 0 Å². The molecule has 0 saturated carbocycles. The van der Waals surface area contributed by atoms with Gasteiger partial charge >= 0.3 is 0 Å². The number of fused-ring (bicyclic) bond motifs is 4. The third kappa shape index (κ3) is 6.83. The van der Waals surface area contributed by atoms with Crippen LogP contribution in [-0.4, -0.2) is 0 Å². The standard InChI is InChI=1S/C60H41N/c1-4-16-44(17-5-1)54-37-36-53(41-57(54)45-18-6-2-7-19-45)61(52-34-31-43(32-35-52)50-30-27-42-15-10-11-23-49(42)39-50)59-38-33-51(40-58(59)46-20-8-3-9-21-46)56-26-14-24-48-29-28-47-22-12-13-25-55(47)60(48)56/h1-41H. The zero-order chi connectivity index (χ0) is 40.5. The minimum atomic E-state index is 1.08. The average Bonchev–Trinajstić information content (AvgIpc) is 3.35. The first-order chi connectivity index (χ1) is 30.2. The summed E-state index contributed by atoms with van der Waals surface area (Å²) in [5.74, 6) is 0. The van der Waals surface area contributed by atoms with Crippen molar-refractivity contribution in [3.8, 4) is 55.6 Å².